The summed E-state index contributed by atoms with van der Waals surface area (Å²) in [6.07, 6.45) is 0.800. The molecule has 1 aromatic rings. The van der Waals surface area contributed by atoms with Gasteiger partial charge in [-0.3, -0.25) is 0 Å². The molecule has 1 saturated heterocycles. The first-order chi connectivity index (χ1) is 11.1. The second-order valence-electron chi connectivity index (χ2n) is 5.88. The zero-order chi connectivity index (χ0) is 16.7. The van der Waals surface area contributed by atoms with Gasteiger partial charge in [-0.15, -0.1) is 0 Å². The molecule has 0 unspecified atom stereocenters. The number of rotatable bonds is 6. The lowest BCUT2D eigenvalue weighted by Gasteiger charge is -2.30. The number of ether oxygens (including phenoxy) is 1. The number of hydrogen-bond acceptors (Lipinski definition) is 4. The van der Waals surface area contributed by atoms with Crippen molar-refractivity contribution in [2.75, 3.05) is 48.5 Å². The van der Waals surface area contributed by atoms with Gasteiger partial charge >= 0.3 is 6.03 Å². The van der Waals surface area contributed by atoms with Crippen molar-refractivity contribution in [2.24, 2.45) is 0 Å². The molecule has 1 aromatic carbocycles. The van der Waals surface area contributed by atoms with Gasteiger partial charge in [0.05, 0.1) is 0 Å². The highest BCUT2D eigenvalue weighted by atomic mass is 32.2. The molecule has 0 spiro atoms. The second kappa shape index (κ2) is 9.03. The maximum absolute atomic E-state index is 12.0. The second-order valence-corrected chi connectivity index (χ2v) is 7.11. The average molecular weight is 337 g/mol. The fourth-order valence-electron chi connectivity index (χ4n) is 2.65. The van der Waals surface area contributed by atoms with Crippen LogP contribution >= 0.6 is 11.8 Å². The SMILES string of the molecule is COCC[C@H](C)NC(=O)Nc1ccc(N2CCSCC2)c(C)c1. The molecular weight excluding hydrogens is 310 g/mol. The average Bonchev–Trinajstić information content (AvgIpc) is 2.53. The van der Waals surface area contributed by atoms with Crippen molar-refractivity contribution in [3.05, 3.63) is 23.8 Å². The van der Waals surface area contributed by atoms with E-state index in [4.69, 9.17) is 4.74 Å². The Kier molecular flexibility index (Phi) is 7.05. The van der Waals surface area contributed by atoms with Crippen molar-refractivity contribution >= 4 is 29.2 Å². The van der Waals surface area contributed by atoms with E-state index in [1.54, 1.807) is 7.11 Å². The minimum Gasteiger partial charge on any atom is -0.385 e. The minimum atomic E-state index is -0.171. The van der Waals surface area contributed by atoms with E-state index >= 15 is 0 Å². The minimum absolute atomic E-state index is 0.0844. The number of methoxy groups -OCH3 is 1. The summed E-state index contributed by atoms with van der Waals surface area (Å²) in [6, 6.07) is 6.03. The summed E-state index contributed by atoms with van der Waals surface area (Å²) >= 11 is 2.01. The number of urea groups is 1. The van der Waals surface area contributed by atoms with Crippen LogP contribution in [0.15, 0.2) is 18.2 Å². The van der Waals surface area contributed by atoms with E-state index in [0.717, 1.165) is 25.2 Å². The normalized spacial score (nSPS) is 16.0. The van der Waals surface area contributed by atoms with Crippen LogP contribution in [0.4, 0.5) is 16.2 Å². The van der Waals surface area contributed by atoms with E-state index in [1.807, 2.05) is 30.8 Å². The molecule has 128 valence electrons. The standard InChI is InChI=1S/C17H27N3O2S/c1-13-12-15(19-17(21)18-14(2)6-9-22-3)4-5-16(13)20-7-10-23-11-8-20/h4-5,12,14H,6-11H2,1-3H3,(H2,18,19,21)/t14-/m0/s1. The zero-order valence-electron chi connectivity index (χ0n) is 14.2. The molecule has 0 radical (unpaired) electrons. The monoisotopic (exact) mass is 337 g/mol. The Bertz CT molecular complexity index is 519. The molecule has 1 fully saturated rings. The third-order valence-corrected chi connectivity index (χ3v) is 4.88. The summed E-state index contributed by atoms with van der Waals surface area (Å²) in [4.78, 5) is 14.4. The molecule has 5 nitrogen and oxygen atoms in total. The molecule has 1 heterocycles. The molecule has 1 aliphatic rings. The number of amides is 2. The van der Waals surface area contributed by atoms with E-state index < -0.39 is 0 Å². The zero-order valence-corrected chi connectivity index (χ0v) is 15.0. The molecule has 0 bridgehead atoms. The largest absolute Gasteiger partial charge is 0.385 e. The number of aryl methyl sites for hydroxylation is 1. The highest BCUT2D eigenvalue weighted by Gasteiger charge is 2.14. The first kappa shape index (κ1) is 17.9. The maximum atomic E-state index is 12.0. The highest BCUT2D eigenvalue weighted by molar-refractivity contribution is 7.99. The topological polar surface area (TPSA) is 53.6 Å². The third kappa shape index (κ3) is 5.62. The van der Waals surface area contributed by atoms with Gasteiger partial charge < -0.3 is 20.3 Å². The van der Waals surface area contributed by atoms with Gasteiger partial charge in [0.2, 0.25) is 0 Å². The molecular formula is C17H27N3O2S. The first-order valence-electron chi connectivity index (χ1n) is 8.10. The van der Waals surface area contributed by atoms with Gasteiger partial charge in [0.1, 0.15) is 0 Å². The van der Waals surface area contributed by atoms with Crippen LogP contribution in [0.2, 0.25) is 0 Å². The maximum Gasteiger partial charge on any atom is 0.319 e. The molecule has 1 aliphatic heterocycles. The molecule has 1 atom stereocenters. The Morgan fingerprint density at radius 3 is 2.78 bits per heavy atom. The number of anilines is 2. The predicted octanol–water partition coefficient (Wildman–Crippen LogP) is 3.09. The van der Waals surface area contributed by atoms with Gasteiger partial charge in [0.25, 0.3) is 0 Å². The van der Waals surface area contributed by atoms with E-state index in [9.17, 15) is 4.79 Å². The van der Waals surface area contributed by atoms with Gasteiger partial charge in [0, 0.05) is 55.7 Å². The Hall–Kier alpha value is -1.40. The third-order valence-electron chi connectivity index (χ3n) is 3.94. The number of nitrogens with one attached hydrogen (secondary N) is 2. The van der Waals surface area contributed by atoms with E-state index in [1.165, 1.54) is 22.8 Å². The van der Waals surface area contributed by atoms with Crippen LogP contribution in [-0.2, 0) is 4.74 Å². The van der Waals surface area contributed by atoms with Gasteiger partial charge in [-0.25, -0.2) is 4.79 Å². The molecule has 0 aromatic heterocycles. The van der Waals surface area contributed by atoms with E-state index in [0.29, 0.717) is 6.61 Å². The lowest BCUT2D eigenvalue weighted by molar-refractivity contribution is 0.185. The summed E-state index contributed by atoms with van der Waals surface area (Å²) in [5.74, 6) is 2.36. The molecule has 0 saturated carbocycles. The Morgan fingerprint density at radius 2 is 2.13 bits per heavy atom. The summed E-state index contributed by atoms with van der Waals surface area (Å²) in [5, 5.41) is 5.82. The number of carbonyl (C=O) groups is 1. The van der Waals surface area contributed by atoms with Crippen molar-refractivity contribution in [1.29, 1.82) is 0 Å². The lowest BCUT2D eigenvalue weighted by atomic mass is 10.1. The fraction of sp³-hybridized carbons (Fsp3) is 0.588. The fourth-order valence-corrected chi connectivity index (χ4v) is 3.55. The number of nitrogens with zero attached hydrogens (tertiary/aromatic N) is 1. The van der Waals surface area contributed by atoms with Gasteiger partial charge in [-0.2, -0.15) is 11.8 Å². The molecule has 6 heteroatoms. The summed E-state index contributed by atoms with van der Waals surface area (Å²) in [5.41, 5.74) is 3.29. The van der Waals surface area contributed by atoms with Crippen molar-refractivity contribution in [2.45, 2.75) is 26.3 Å². The number of thioether (sulfide) groups is 1. The summed E-state index contributed by atoms with van der Waals surface area (Å²) in [6.45, 7) is 6.90. The molecule has 2 amide bonds. The van der Waals surface area contributed by atoms with Crippen molar-refractivity contribution in [3.8, 4) is 0 Å². The number of hydrogen-bond donors (Lipinski definition) is 2. The molecule has 23 heavy (non-hydrogen) atoms. The van der Waals surface area contributed by atoms with Gasteiger partial charge in [0.15, 0.2) is 0 Å². The summed E-state index contributed by atoms with van der Waals surface area (Å²) < 4.78 is 5.02. The van der Waals surface area contributed by atoms with Crippen LogP contribution in [0.5, 0.6) is 0 Å². The molecule has 0 aliphatic carbocycles. The molecule has 2 rings (SSSR count). The summed E-state index contributed by atoms with van der Waals surface area (Å²) in [7, 11) is 1.66. The number of benzene rings is 1. The van der Waals surface area contributed by atoms with Crippen molar-refractivity contribution < 1.29 is 9.53 Å². The van der Waals surface area contributed by atoms with Crippen LogP contribution in [0.25, 0.3) is 0 Å². The molecule has 2 N–H and O–H groups in total. The lowest BCUT2D eigenvalue weighted by Crippen LogP contribution is -2.36. The van der Waals surface area contributed by atoms with Crippen LogP contribution in [0, 0.1) is 6.92 Å². The van der Waals surface area contributed by atoms with Gasteiger partial charge in [-0.1, -0.05) is 0 Å². The predicted molar refractivity (Wildman–Crippen MR) is 98.8 cm³/mol. The van der Waals surface area contributed by atoms with E-state index in [2.05, 4.69) is 28.5 Å². The Labute approximate surface area is 143 Å². The Balaban J connectivity index is 1.90. The van der Waals surface area contributed by atoms with Crippen LogP contribution in [0.1, 0.15) is 18.9 Å². The van der Waals surface area contributed by atoms with Crippen LogP contribution < -0.4 is 15.5 Å². The highest BCUT2D eigenvalue weighted by Crippen LogP contribution is 2.26. The Morgan fingerprint density at radius 1 is 1.39 bits per heavy atom. The van der Waals surface area contributed by atoms with Gasteiger partial charge in [-0.05, 0) is 44.0 Å². The quantitative estimate of drug-likeness (QED) is 0.837. The van der Waals surface area contributed by atoms with E-state index in [-0.39, 0.29) is 12.1 Å². The van der Waals surface area contributed by atoms with Crippen molar-refractivity contribution in [1.82, 2.24) is 5.32 Å². The first-order valence-corrected chi connectivity index (χ1v) is 9.25. The van der Waals surface area contributed by atoms with Crippen LogP contribution in [0.3, 0.4) is 0 Å². The van der Waals surface area contributed by atoms with Crippen LogP contribution in [-0.4, -0.2) is 50.4 Å². The number of carbonyl (C=O) groups excluding carboxylic acids is 1. The van der Waals surface area contributed by atoms with Crippen molar-refractivity contribution in [3.63, 3.8) is 0 Å². The smallest absolute Gasteiger partial charge is 0.319 e.